The molecule has 0 radical (unpaired) electrons. The van der Waals surface area contributed by atoms with Crippen LogP contribution in [0.4, 0.5) is 17.8 Å². The molecule has 29 heavy (non-hydrogen) atoms. The van der Waals surface area contributed by atoms with Gasteiger partial charge in [0.15, 0.2) is 0 Å². The van der Waals surface area contributed by atoms with Gasteiger partial charge in [0, 0.05) is 18.6 Å². The molecule has 1 aromatic carbocycles. The van der Waals surface area contributed by atoms with Gasteiger partial charge in [-0.1, -0.05) is 36.4 Å². The summed E-state index contributed by atoms with van der Waals surface area (Å²) in [5.41, 5.74) is 1.37. The summed E-state index contributed by atoms with van der Waals surface area (Å²) in [6, 6.07) is 10.3. The highest BCUT2D eigenvalue weighted by Crippen LogP contribution is 2.56. The standard InChI is InChI=1S/C23H30N6/c1-2-8-24-20-26-21(25-15-16-6-4-3-5-7-16)28-22(27-20)29-23-12-17-9-18(13-23)11-19(10-17)14-23/h2-7,17-19H,1,8-15H2,(H3,24,25,26,27,28,29). The number of nitrogens with one attached hydrogen (secondary N) is 3. The van der Waals surface area contributed by atoms with Gasteiger partial charge in [-0.3, -0.25) is 0 Å². The molecule has 4 aliphatic rings. The van der Waals surface area contributed by atoms with Crippen LogP contribution in [-0.2, 0) is 6.54 Å². The fourth-order valence-corrected chi connectivity index (χ4v) is 6.03. The first-order chi connectivity index (χ1) is 14.2. The lowest BCUT2D eigenvalue weighted by molar-refractivity contribution is 0.0103. The number of nitrogens with zero attached hydrogens (tertiary/aromatic N) is 3. The van der Waals surface area contributed by atoms with E-state index < -0.39 is 0 Å². The first-order valence-corrected chi connectivity index (χ1v) is 10.9. The number of anilines is 3. The largest absolute Gasteiger partial charge is 0.351 e. The summed E-state index contributed by atoms with van der Waals surface area (Å²) in [5.74, 6) is 4.51. The van der Waals surface area contributed by atoms with Crippen molar-refractivity contribution in [1.82, 2.24) is 15.0 Å². The van der Waals surface area contributed by atoms with Crippen LogP contribution in [0.1, 0.15) is 44.1 Å². The third-order valence-electron chi connectivity index (χ3n) is 6.75. The van der Waals surface area contributed by atoms with Gasteiger partial charge in [0.1, 0.15) is 0 Å². The second-order valence-corrected chi connectivity index (χ2v) is 9.14. The average molecular weight is 391 g/mol. The molecule has 1 aromatic heterocycles. The summed E-state index contributed by atoms with van der Waals surface area (Å²) in [6.07, 6.45) is 9.86. The van der Waals surface area contributed by atoms with Gasteiger partial charge in [-0.15, -0.1) is 6.58 Å². The van der Waals surface area contributed by atoms with Crippen LogP contribution in [-0.4, -0.2) is 27.0 Å². The quantitative estimate of drug-likeness (QED) is 0.578. The highest BCUT2D eigenvalue weighted by molar-refractivity contribution is 5.44. The maximum atomic E-state index is 4.72. The molecule has 152 valence electrons. The Bertz CT molecular complexity index is 830. The molecule has 4 bridgehead atoms. The van der Waals surface area contributed by atoms with E-state index in [2.05, 4.69) is 44.6 Å². The molecule has 0 spiro atoms. The second-order valence-electron chi connectivity index (χ2n) is 9.14. The summed E-state index contributed by atoms with van der Waals surface area (Å²) < 4.78 is 0. The molecular formula is C23H30N6. The maximum Gasteiger partial charge on any atom is 0.229 e. The molecule has 0 saturated heterocycles. The van der Waals surface area contributed by atoms with Crippen LogP contribution in [0.15, 0.2) is 43.0 Å². The topological polar surface area (TPSA) is 74.8 Å². The Kier molecular flexibility index (Phi) is 4.86. The van der Waals surface area contributed by atoms with Gasteiger partial charge in [-0.05, 0) is 61.8 Å². The van der Waals surface area contributed by atoms with E-state index in [4.69, 9.17) is 4.98 Å². The summed E-state index contributed by atoms with van der Waals surface area (Å²) in [7, 11) is 0. The van der Waals surface area contributed by atoms with E-state index in [0.29, 0.717) is 30.9 Å². The lowest BCUT2D eigenvalue weighted by Crippen LogP contribution is -2.55. The number of hydrogen-bond donors (Lipinski definition) is 3. The summed E-state index contributed by atoms with van der Waals surface area (Å²) in [6.45, 7) is 5.09. The SMILES string of the molecule is C=CCNc1nc(NCc2ccccc2)nc(NC23CC4CC(CC(C4)C2)C3)n1. The maximum absolute atomic E-state index is 4.72. The number of rotatable bonds is 8. The fourth-order valence-electron chi connectivity index (χ4n) is 6.03. The zero-order chi connectivity index (χ0) is 19.7. The highest BCUT2D eigenvalue weighted by Gasteiger charge is 2.51. The molecule has 6 heteroatoms. The third kappa shape index (κ3) is 4.07. The van der Waals surface area contributed by atoms with Crippen molar-refractivity contribution in [3.8, 4) is 0 Å². The third-order valence-corrected chi connectivity index (χ3v) is 6.75. The van der Waals surface area contributed by atoms with E-state index in [1.165, 1.54) is 44.1 Å². The average Bonchev–Trinajstić information content (AvgIpc) is 2.70. The van der Waals surface area contributed by atoms with Crippen molar-refractivity contribution in [1.29, 1.82) is 0 Å². The smallest absolute Gasteiger partial charge is 0.229 e. The normalized spacial score (nSPS) is 29.4. The lowest BCUT2D eigenvalue weighted by atomic mass is 9.53. The predicted octanol–water partition coefficient (Wildman–Crippen LogP) is 4.46. The van der Waals surface area contributed by atoms with Gasteiger partial charge in [0.25, 0.3) is 0 Å². The van der Waals surface area contributed by atoms with Gasteiger partial charge in [-0.25, -0.2) is 0 Å². The Balaban J connectivity index is 1.36. The van der Waals surface area contributed by atoms with E-state index in [-0.39, 0.29) is 5.54 Å². The Morgan fingerprint density at radius 3 is 2.07 bits per heavy atom. The minimum absolute atomic E-state index is 0.169. The highest BCUT2D eigenvalue weighted by atomic mass is 15.3. The van der Waals surface area contributed by atoms with E-state index in [0.717, 1.165) is 17.8 Å². The van der Waals surface area contributed by atoms with E-state index in [1.54, 1.807) is 0 Å². The van der Waals surface area contributed by atoms with Gasteiger partial charge >= 0.3 is 0 Å². The molecule has 3 N–H and O–H groups in total. The molecule has 4 aliphatic carbocycles. The number of benzene rings is 1. The second kappa shape index (κ2) is 7.65. The van der Waals surface area contributed by atoms with Crippen molar-refractivity contribution in [3.63, 3.8) is 0 Å². The summed E-state index contributed by atoms with van der Waals surface area (Å²) >= 11 is 0. The Labute approximate surface area is 172 Å². The van der Waals surface area contributed by atoms with Crippen LogP contribution in [0.25, 0.3) is 0 Å². The van der Waals surface area contributed by atoms with Crippen LogP contribution in [0.5, 0.6) is 0 Å². The molecule has 4 saturated carbocycles. The first kappa shape index (κ1) is 18.4. The fraction of sp³-hybridized carbons (Fsp3) is 0.522. The van der Waals surface area contributed by atoms with Gasteiger partial charge in [0.05, 0.1) is 0 Å². The number of aromatic nitrogens is 3. The van der Waals surface area contributed by atoms with Crippen molar-refractivity contribution < 1.29 is 0 Å². The van der Waals surface area contributed by atoms with Crippen molar-refractivity contribution in [2.24, 2.45) is 17.8 Å². The van der Waals surface area contributed by atoms with Crippen LogP contribution in [0.2, 0.25) is 0 Å². The van der Waals surface area contributed by atoms with Crippen molar-refractivity contribution >= 4 is 17.8 Å². The van der Waals surface area contributed by atoms with Crippen LogP contribution >= 0.6 is 0 Å². The summed E-state index contributed by atoms with van der Waals surface area (Å²) in [5, 5.41) is 10.4. The van der Waals surface area contributed by atoms with E-state index in [1.807, 2.05) is 24.3 Å². The van der Waals surface area contributed by atoms with E-state index >= 15 is 0 Å². The molecule has 6 nitrogen and oxygen atoms in total. The molecule has 1 heterocycles. The molecule has 4 fully saturated rings. The molecule has 0 aliphatic heterocycles. The molecule has 6 rings (SSSR count). The molecule has 2 aromatic rings. The van der Waals surface area contributed by atoms with Crippen molar-refractivity contribution in [2.75, 3.05) is 22.5 Å². The zero-order valence-electron chi connectivity index (χ0n) is 16.9. The van der Waals surface area contributed by atoms with Crippen LogP contribution in [0.3, 0.4) is 0 Å². The van der Waals surface area contributed by atoms with E-state index in [9.17, 15) is 0 Å². The summed E-state index contributed by atoms with van der Waals surface area (Å²) in [4.78, 5) is 13.9. The van der Waals surface area contributed by atoms with Crippen LogP contribution in [0, 0.1) is 17.8 Å². The van der Waals surface area contributed by atoms with Crippen LogP contribution < -0.4 is 16.0 Å². The minimum atomic E-state index is 0.169. The zero-order valence-corrected chi connectivity index (χ0v) is 16.9. The van der Waals surface area contributed by atoms with Crippen molar-refractivity contribution in [2.45, 2.75) is 50.6 Å². The Hall–Kier alpha value is -2.63. The minimum Gasteiger partial charge on any atom is -0.351 e. The van der Waals surface area contributed by atoms with Gasteiger partial charge in [-0.2, -0.15) is 15.0 Å². The Morgan fingerprint density at radius 1 is 0.862 bits per heavy atom. The first-order valence-electron chi connectivity index (χ1n) is 10.9. The van der Waals surface area contributed by atoms with Gasteiger partial charge < -0.3 is 16.0 Å². The van der Waals surface area contributed by atoms with Crippen molar-refractivity contribution in [3.05, 3.63) is 48.6 Å². The molecule has 0 atom stereocenters. The monoisotopic (exact) mass is 390 g/mol. The van der Waals surface area contributed by atoms with Gasteiger partial charge in [0.2, 0.25) is 17.8 Å². The molecule has 0 amide bonds. The Morgan fingerprint density at radius 2 is 1.45 bits per heavy atom. The lowest BCUT2D eigenvalue weighted by Gasteiger charge is -2.56. The molecular weight excluding hydrogens is 360 g/mol. The number of hydrogen-bond acceptors (Lipinski definition) is 6. The molecule has 0 unspecified atom stereocenters. The predicted molar refractivity (Wildman–Crippen MR) is 117 cm³/mol.